The molecule has 1 atom stereocenters. The third-order valence-electron chi connectivity index (χ3n) is 8.07. The molecule has 1 saturated heterocycles. The van der Waals surface area contributed by atoms with Gasteiger partial charge in [-0.05, 0) is 91.8 Å². The van der Waals surface area contributed by atoms with Crippen molar-refractivity contribution in [2.24, 2.45) is 0 Å². The van der Waals surface area contributed by atoms with Crippen LogP contribution in [0.3, 0.4) is 0 Å². The van der Waals surface area contributed by atoms with Gasteiger partial charge in [0.05, 0.1) is 30.9 Å². The maximum absolute atomic E-state index is 13.6. The van der Waals surface area contributed by atoms with E-state index in [1.165, 1.54) is 11.6 Å². The maximum atomic E-state index is 13.6. The molecule has 46 heavy (non-hydrogen) atoms. The first-order chi connectivity index (χ1) is 21.8. The van der Waals surface area contributed by atoms with E-state index in [0.29, 0.717) is 28.4 Å². The Morgan fingerprint density at radius 2 is 1.78 bits per heavy atom. The van der Waals surface area contributed by atoms with E-state index in [1.807, 2.05) is 13.0 Å². The fraction of sp³-hybridized carbons (Fsp3) is 0.400. The Morgan fingerprint density at radius 3 is 2.39 bits per heavy atom. The monoisotopic (exact) mass is 636 g/mol. The van der Waals surface area contributed by atoms with E-state index in [2.05, 4.69) is 26.6 Å². The molecule has 11 heteroatoms. The second-order valence-electron chi connectivity index (χ2n) is 12.6. The summed E-state index contributed by atoms with van der Waals surface area (Å²) >= 11 is 0. The largest absolute Gasteiger partial charge is 0.444 e. The van der Waals surface area contributed by atoms with E-state index in [9.17, 15) is 22.8 Å². The first kappa shape index (κ1) is 33.2. The molecule has 244 valence electrons. The number of ether oxygens (including phenoxy) is 2. The van der Waals surface area contributed by atoms with Crippen LogP contribution in [-0.4, -0.2) is 59.8 Å². The summed E-state index contributed by atoms with van der Waals surface area (Å²) in [4.78, 5) is 32.1. The van der Waals surface area contributed by atoms with Gasteiger partial charge in [0.15, 0.2) is 0 Å². The van der Waals surface area contributed by atoms with Crippen LogP contribution >= 0.6 is 0 Å². The summed E-state index contributed by atoms with van der Waals surface area (Å²) in [5, 5.41) is 5.60. The van der Waals surface area contributed by atoms with Crippen LogP contribution in [0.1, 0.15) is 72.9 Å². The SMILES string of the molecule is C[C@@H](NC(=O)c1cc(C2=CCN(C3COC3)CC2)ccn1)c1ccc(-c2cc(C(F)(F)F)ccc2CNC(=O)OC(C)(C)C)cc1. The summed E-state index contributed by atoms with van der Waals surface area (Å²) in [6.07, 6.45) is -0.475. The number of hydrogen-bond acceptors (Lipinski definition) is 6. The molecule has 8 nitrogen and oxygen atoms in total. The van der Waals surface area contributed by atoms with E-state index in [-0.39, 0.29) is 12.5 Å². The predicted octanol–water partition coefficient (Wildman–Crippen LogP) is 6.77. The molecular formula is C35H39F3N4O4. The Hall–Kier alpha value is -4.22. The maximum Gasteiger partial charge on any atom is 0.416 e. The summed E-state index contributed by atoms with van der Waals surface area (Å²) in [6.45, 7) is 10.3. The number of carbonyl (C=O) groups excluding carboxylic acids is 2. The molecule has 1 fully saturated rings. The molecule has 5 rings (SSSR count). The lowest BCUT2D eigenvalue weighted by Gasteiger charge is -2.38. The third kappa shape index (κ3) is 8.32. The van der Waals surface area contributed by atoms with Crippen molar-refractivity contribution >= 4 is 17.6 Å². The number of alkyl halides is 3. The standard InChI is InChI=1S/C35H39F3N4O4/c1-22(41-32(43)31-17-26(11-14-39-31)24-12-15-42(16-13-24)29-20-45-21-29)23-5-7-25(8-6-23)30-18-28(35(36,37)38)10-9-27(30)19-40-33(44)46-34(2,3)4/h5-12,14,17-18,22,29H,13,15-16,19-21H2,1-4H3,(H,40,44)(H,41,43)/t22-/m1/s1. The van der Waals surface area contributed by atoms with Crippen LogP contribution in [0.15, 0.2) is 66.9 Å². The zero-order chi connectivity index (χ0) is 33.1. The van der Waals surface area contributed by atoms with Crippen molar-refractivity contribution in [3.8, 4) is 11.1 Å². The van der Waals surface area contributed by atoms with Crippen LogP contribution in [0.2, 0.25) is 0 Å². The number of benzene rings is 2. The van der Waals surface area contributed by atoms with Crippen LogP contribution in [-0.2, 0) is 22.2 Å². The van der Waals surface area contributed by atoms with Gasteiger partial charge in [0.25, 0.3) is 5.91 Å². The molecule has 0 aliphatic carbocycles. The molecule has 3 heterocycles. The summed E-state index contributed by atoms with van der Waals surface area (Å²) in [7, 11) is 0. The minimum atomic E-state index is -4.53. The molecule has 2 aromatic carbocycles. The normalized spacial score (nSPS) is 16.6. The molecule has 1 aromatic heterocycles. The fourth-order valence-electron chi connectivity index (χ4n) is 5.43. The molecule has 0 radical (unpaired) electrons. The highest BCUT2D eigenvalue weighted by atomic mass is 19.4. The number of carbonyl (C=O) groups is 2. The molecule has 0 saturated carbocycles. The molecule has 3 aromatic rings. The van der Waals surface area contributed by atoms with Gasteiger partial charge in [0, 0.05) is 25.8 Å². The Bertz CT molecular complexity index is 1590. The van der Waals surface area contributed by atoms with Gasteiger partial charge in [-0.2, -0.15) is 13.2 Å². The Kier molecular flexibility index (Phi) is 9.83. The van der Waals surface area contributed by atoms with Gasteiger partial charge in [0.2, 0.25) is 0 Å². The van der Waals surface area contributed by atoms with Crippen molar-refractivity contribution in [3.63, 3.8) is 0 Å². The molecule has 2 amide bonds. The number of rotatable bonds is 8. The molecule has 2 aliphatic heterocycles. The Balaban J connectivity index is 1.27. The van der Waals surface area contributed by atoms with Crippen molar-refractivity contribution < 1.29 is 32.2 Å². The molecule has 0 spiro atoms. The van der Waals surface area contributed by atoms with E-state index >= 15 is 0 Å². The fourth-order valence-corrected chi connectivity index (χ4v) is 5.43. The van der Waals surface area contributed by atoms with Gasteiger partial charge in [0.1, 0.15) is 11.3 Å². The minimum absolute atomic E-state index is 0.0205. The number of nitrogens with one attached hydrogen (secondary N) is 2. The lowest BCUT2D eigenvalue weighted by atomic mass is 9.95. The van der Waals surface area contributed by atoms with Gasteiger partial charge in [-0.1, -0.05) is 36.4 Å². The highest BCUT2D eigenvalue weighted by Gasteiger charge is 2.31. The zero-order valence-electron chi connectivity index (χ0n) is 26.4. The third-order valence-corrected chi connectivity index (χ3v) is 8.07. The number of alkyl carbamates (subject to hydrolysis) is 1. The summed E-state index contributed by atoms with van der Waals surface area (Å²) in [6, 6.07) is 14.2. The molecule has 2 aliphatic rings. The van der Waals surface area contributed by atoms with Crippen LogP contribution in [0.25, 0.3) is 16.7 Å². The molecule has 2 N–H and O–H groups in total. The van der Waals surface area contributed by atoms with E-state index in [1.54, 1.807) is 57.3 Å². The number of halogens is 3. The second-order valence-corrected chi connectivity index (χ2v) is 12.6. The van der Waals surface area contributed by atoms with Gasteiger partial charge < -0.3 is 20.1 Å². The highest BCUT2D eigenvalue weighted by molar-refractivity contribution is 5.93. The first-order valence-corrected chi connectivity index (χ1v) is 15.3. The smallest absolute Gasteiger partial charge is 0.416 e. The van der Waals surface area contributed by atoms with Crippen molar-refractivity contribution in [1.82, 2.24) is 20.5 Å². The van der Waals surface area contributed by atoms with Crippen LogP contribution in [0.5, 0.6) is 0 Å². The number of aromatic nitrogens is 1. The van der Waals surface area contributed by atoms with Crippen molar-refractivity contribution in [2.45, 2.75) is 64.5 Å². The second kappa shape index (κ2) is 13.6. The lowest BCUT2D eigenvalue weighted by molar-refractivity contribution is -0.137. The Morgan fingerprint density at radius 1 is 1.04 bits per heavy atom. The topological polar surface area (TPSA) is 92.8 Å². The Labute approximate surface area is 267 Å². The zero-order valence-corrected chi connectivity index (χ0v) is 26.4. The quantitative estimate of drug-likeness (QED) is 0.284. The minimum Gasteiger partial charge on any atom is -0.444 e. The van der Waals surface area contributed by atoms with Crippen LogP contribution in [0, 0.1) is 0 Å². The predicted molar refractivity (Wildman–Crippen MR) is 169 cm³/mol. The average molecular weight is 637 g/mol. The lowest BCUT2D eigenvalue weighted by Crippen LogP contribution is -2.50. The summed E-state index contributed by atoms with van der Waals surface area (Å²) in [5.41, 5.74) is 3.09. The number of hydrogen-bond donors (Lipinski definition) is 2. The average Bonchev–Trinajstić information content (AvgIpc) is 2.98. The summed E-state index contributed by atoms with van der Waals surface area (Å²) in [5.74, 6) is -0.323. The van der Waals surface area contributed by atoms with Crippen molar-refractivity contribution in [3.05, 3.63) is 94.8 Å². The molecule has 0 unspecified atom stereocenters. The van der Waals surface area contributed by atoms with E-state index in [4.69, 9.17) is 9.47 Å². The molecular weight excluding hydrogens is 597 g/mol. The highest BCUT2D eigenvalue weighted by Crippen LogP contribution is 2.35. The molecule has 0 bridgehead atoms. The van der Waals surface area contributed by atoms with Gasteiger partial charge in [-0.25, -0.2) is 4.79 Å². The first-order valence-electron chi connectivity index (χ1n) is 15.3. The van der Waals surface area contributed by atoms with E-state index < -0.39 is 29.5 Å². The van der Waals surface area contributed by atoms with Crippen LogP contribution in [0.4, 0.5) is 18.0 Å². The summed E-state index contributed by atoms with van der Waals surface area (Å²) < 4.78 is 51.4. The van der Waals surface area contributed by atoms with Crippen molar-refractivity contribution in [1.29, 1.82) is 0 Å². The van der Waals surface area contributed by atoms with E-state index in [0.717, 1.165) is 56.0 Å². The van der Waals surface area contributed by atoms with Gasteiger partial charge in [-0.15, -0.1) is 0 Å². The van der Waals surface area contributed by atoms with Gasteiger partial charge in [-0.3, -0.25) is 14.7 Å². The van der Waals surface area contributed by atoms with Crippen molar-refractivity contribution in [2.75, 3.05) is 26.3 Å². The number of nitrogens with zero attached hydrogens (tertiary/aromatic N) is 2. The number of pyridine rings is 1. The van der Waals surface area contributed by atoms with Gasteiger partial charge >= 0.3 is 12.3 Å². The number of amides is 2. The van der Waals surface area contributed by atoms with Crippen LogP contribution < -0.4 is 10.6 Å².